The van der Waals surface area contributed by atoms with Crippen LogP contribution in [0, 0.1) is 5.82 Å². The van der Waals surface area contributed by atoms with Crippen molar-refractivity contribution in [2.24, 2.45) is 0 Å². The van der Waals surface area contributed by atoms with Crippen molar-refractivity contribution in [3.63, 3.8) is 0 Å². The lowest BCUT2D eigenvalue weighted by Gasteiger charge is -2.05. The maximum Gasteiger partial charge on any atom is 0.248 e. The van der Waals surface area contributed by atoms with Crippen molar-refractivity contribution >= 4 is 11.6 Å². The molecule has 2 nitrogen and oxygen atoms in total. The minimum absolute atomic E-state index is 0.162. The summed E-state index contributed by atoms with van der Waals surface area (Å²) in [5, 5.41) is 2.66. The van der Waals surface area contributed by atoms with Crippen molar-refractivity contribution in [1.82, 2.24) is 0 Å². The standard InChI is InChI=1S/C10H8FNO/c11-8-4-5-9-7(6-8)2-1-3-10(13)12-9/h1,3-6H,2H2,(H,12,13). The molecule has 0 bridgehead atoms. The van der Waals surface area contributed by atoms with Crippen molar-refractivity contribution in [3.05, 3.63) is 41.7 Å². The van der Waals surface area contributed by atoms with Crippen molar-refractivity contribution in [2.45, 2.75) is 6.42 Å². The Morgan fingerprint density at radius 3 is 3.08 bits per heavy atom. The number of nitrogens with one attached hydrogen (secondary N) is 1. The lowest BCUT2D eigenvalue weighted by Crippen LogP contribution is -2.07. The minimum atomic E-state index is -0.275. The van der Waals surface area contributed by atoms with Gasteiger partial charge in [-0.15, -0.1) is 0 Å². The molecule has 0 spiro atoms. The van der Waals surface area contributed by atoms with E-state index in [2.05, 4.69) is 5.32 Å². The Hall–Kier alpha value is -1.64. The maximum atomic E-state index is 12.8. The lowest BCUT2D eigenvalue weighted by atomic mass is 10.1. The van der Waals surface area contributed by atoms with Gasteiger partial charge in [-0.1, -0.05) is 6.08 Å². The molecule has 1 N–H and O–H groups in total. The predicted octanol–water partition coefficient (Wildman–Crippen LogP) is 1.88. The maximum absolute atomic E-state index is 12.8. The first-order valence-electron chi connectivity index (χ1n) is 4.01. The molecule has 1 heterocycles. The monoisotopic (exact) mass is 177 g/mol. The highest BCUT2D eigenvalue weighted by atomic mass is 19.1. The van der Waals surface area contributed by atoms with Crippen LogP contribution in [-0.2, 0) is 11.2 Å². The Labute approximate surface area is 75.1 Å². The van der Waals surface area contributed by atoms with Crippen LogP contribution in [0.15, 0.2) is 30.4 Å². The fraction of sp³-hybridized carbons (Fsp3) is 0.100. The van der Waals surface area contributed by atoms with Gasteiger partial charge in [-0.05, 0) is 36.3 Å². The number of amides is 1. The third-order valence-electron chi connectivity index (χ3n) is 1.93. The van der Waals surface area contributed by atoms with Crippen LogP contribution < -0.4 is 5.32 Å². The van der Waals surface area contributed by atoms with E-state index in [0.29, 0.717) is 12.1 Å². The quantitative estimate of drug-likeness (QED) is 0.644. The molecule has 0 saturated carbocycles. The van der Waals surface area contributed by atoms with Crippen LogP contribution in [0.1, 0.15) is 5.56 Å². The van der Waals surface area contributed by atoms with Crippen LogP contribution in [0.5, 0.6) is 0 Å². The highest BCUT2D eigenvalue weighted by molar-refractivity contribution is 6.00. The summed E-state index contributed by atoms with van der Waals surface area (Å²) in [7, 11) is 0. The molecule has 3 heteroatoms. The molecule has 0 atom stereocenters. The molecule has 1 amide bonds. The summed E-state index contributed by atoms with van der Waals surface area (Å²) < 4.78 is 12.8. The van der Waals surface area contributed by atoms with Gasteiger partial charge < -0.3 is 5.32 Å². The molecule has 0 fully saturated rings. The van der Waals surface area contributed by atoms with E-state index in [-0.39, 0.29) is 11.7 Å². The first kappa shape index (κ1) is 7.98. The van der Waals surface area contributed by atoms with Gasteiger partial charge in [0.15, 0.2) is 0 Å². The second kappa shape index (κ2) is 3.01. The summed E-state index contributed by atoms with van der Waals surface area (Å²) in [4.78, 5) is 11.0. The summed E-state index contributed by atoms with van der Waals surface area (Å²) in [6, 6.07) is 4.35. The largest absolute Gasteiger partial charge is 0.322 e. The predicted molar refractivity (Wildman–Crippen MR) is 47.9 cm³/mol. The number of halogens is 1. The second-order valence-electron chi connectivity index (χ2n) is 2.90. The van der Waals surface area contributed by atoms with Crippen molar-refractivity contribution in [3.8, 4) is 0 Å². The number of rotatable bonds is 0. The summed E-state index contributed by atoms with van der Waals surface area (Å²) in [5.41, 5.74) is 1.50. The van der Waals surface area contributed by atoms with Gasteiger partial charge in [-0.3, -0.25) is 4.79 Å². The summed E-state index contributed by atoms with van der Waals surface area (Å²) >= 11 is 0. The van der Waals surface area contributed by atoms with Gasteiger partial charge in [-0.2, -0.15) is 0 Å². The first-order chi connectivity index (χ1) is 6.25. The summed E-state index contributed by atoms with van der Waals surface area (Å²) in [6.07, 6.45) is 3.77. The third kappa shape index (κ3) is 1.59. The van der Waals surface area contributed by atoms with Crippen LogP contribution in [0.25, 0.3) is 0 Å². The fourth-order valence-electron chi connectivity index (χ4n) is 1.32. The Morgan fingerprint density at radius 1 is 1.38 bits per heavy atom. The molecule has 0 aromatic heterocycles. The van der Waals surface area contributed by atoms with Crippen LogP contribution in [0.3, 0.4) is 0 Å². The van der Waals surface area contributed by atoms with E-state index in [9.17, 15) is 9.18 Å². The molecular weight excluding hydrogens is 169 g/mol. The van der Waals surface area contributed by atoms with Gasteiger partial charge >= 0.3 is 0 Å². The Balaban J connectivity index is 2.46. The molecule has 1 aliphatic heterocycles. The zero-order valence-corrected chi connectivity index (χ0v) is 6.88. The van der Waals surface area contributed by atoms with Crippen molar-refractivity contribution in [2.75, 3.05) is 5.32 Å². The molecule has 0 saturated heterocycles. The Kier molecular flexibility index (Phi) is 1.85. The average molecular weight is 177 g/mol. The molecular formula is C10H8FNO. The molecule has 0 radical (unpaired) electrons. The van der Waals surface area contributed by atoms with Gasteiger partial charge in [0.2, 0.25) is 5.91 Å². The summed E-state index contributed by atoms with van der Waals surface area (Å²) in [6.45, 7) is 0. The van der Waals surface area contributed by atoms with Crippen LogP contribution in [0.2, 0.25) is 0 Å². The molecule has 2 rings (SSSR count). The van der Waals surface area contributed by atoms with Gasteiger partial charge in [0.05, 0.1) is 0 Å². The van der Waals surface area contributed by atoms with E-state index < -0.39 is 0 Å². The summed E-state index contributed by atoms with van der Waals surface area (Å²) in [5.74, 6) is -0.436. The van der Waals surface area contributed by atoms with Gasteiger partial charge in [0.1, 0.15) is 5.82 Å². The van der Waals surface area contributed by atoms with Crippen LogP contribution in [0.4, 0.5) is 10.1 Å². The van der Waals surface area contributed by atoms with E-state index in [1.54, 1.807) is 12.1 Å². The number of hydrogen-bond donors (Lipinski definition) is 1. The number of benzene rings is 1. The number of hydrogen-bond acceptors (Lipinski definition) is 1. The number of carbonyl (C=O) groups is 1. The third-order valence-corrected chi connectivity index (χ3v) is 1.93. The number of fused-ring (bicyclic) bond motifs is 1. The molecule has 1 aliphatic rings. The normalized spacial score (nSPS) is 14.7. The average Bonchev–Trinajstić information content (AvgIpc) is 2.25. The number of anilines is 1. The van der Waals surface area contributed by atoms with E-state index in [4.69, 9.17) is 0 Å². The van der Waals surface area contributed by atoms with Gasteiger partial charge in [0.25, 0.3) is 0 Å². The van der Waals surface area contributed by atoms with Crippen molar-refractivity contribution in [1.29, 1.82) is 0 Å². The highest BCUT2D eigenvalue weighted by Gasteiger charge is 2.08. The molecule has 13 heavy (non-hydrogen) atoms. The number of allylic oxidation sites excluding steroid dienone is 1. The SMILES string of the molecule is O=C1C=CCc2cc(F)ccc2N1. The zero-order valence-electron chi connectivity index (χ0n) is 6.88. The molecule has 1 aromatic carbocycles. The molecule has 0 aliphatic carbocycles. The Morgan fingerprint density at radius 2 is 2.23 bits per heavy atom. The molecule has 0 unspecified atom stereocenters. The highest BCUT2D eigenvalue weighted by Crippen LogP contribution is 2.19. The molecule has 1 aromatic rings. The minimum Gasteiger partial charge on any atom is -0.322 e. The van der Waals surface area contributed by atoms with Gasteiger partial charge in [-0.25, -0.2) is 4.39 Å². The van der Waals surface area contributed by atoms with E-state index in [1.165, 1.54) is 18.2 Å². The number of carbonyl (C=O) groups excluding carboxylic acids is 1. The zero-order chi connectivity index (χ0) is 9.26. The molecule has 66 valence electrons. The topological polar surface area (TPSA) is 29.1 Å². The van der Waals surface area contributed by atoms with Crippen LogP contribution >= 0.6 is 0 Å². The van der Waals surface area contributed by atoms with E-state index in [1.807, 2.05) is 0 Å². The van der Waals surface area contributed by atoms with E-state index >= 15 is 0 Å². The fourth-order valence-corrected chi connectivity index (χ4v) is 1.32. The lowest BCUT2D eigenvalue weighted by molar-refractivity contribution is -0.111. The van der Waals surface area contributed by atoms with Gasteiger partial charge in [0, 0.05) is 5.69 Å². The smallest absolute Gasteiger partial charge is 0.248 e. The van der Waals surface area contributed by atoms with E-state index in [0.717, 1.165) is 5.56 Å². The second-order valence-corrected chi connectivity index (χ2v) is 2.90. The van der Waals surface area contributed by atoms with Crippen LogP contribution in [-0.4, -0.2) is 5.91 Å². The first-order valence-corrected chi connectivity index (χ1v) is 4.01. The Bertz CT molecular complexity index is 385. The van der Waals surface area contributed by atoms with Crippen molar-refractivity contribution < 1.29 is 9.18 Å².